The number of methoxy groups -OCH3 is 1. The summed E-state index contributed by atoms with van der Waals surface area (Å²) in [5.74, 6) is -0.586. The molecule has 0 bridgehead atoms. The number of fused-ring (bicyclic) bond motifs is 1. The highest BCUT2D eigenvalue weighted by atomic mass is 32.1. The van der Waals surface area contributed by atoms with Crippen LogP contribution >= 0.6 is 11.3 Å². The van der Waals surface area contributed by atoms with Crippen molar-refractivity contribution in [3.05, 3.63) is 16.0 Å². The van der Waals surface area contributed by atoms with Crippen LogP contribution in [0.15, 0.2) is 0 Å². The topological polar surface area (TPSA) is 117 Å². The number of hydrogen-bond acceptors (Lipinski definition) is 7. The number of carbonyl (C=O) groups is 3. The van der Waals surface area contributed by atoms with E-state index in [9.17, 15) is 14.4 Å². The standard InChI is InChI=1S/C21H33N5O4S/c1-30-12-4-7-23-17(27)13-25-8-10-26(11-9-25)14-18(28)24-21-19(20(22)29)15-5-2-3-6-16(15)31-21/h2-14H2,1H3,(H2,22,29)(H,23,27)(H,24,28). The molecule has 0 atom stereocenters. The summed E-state index contributed by atoms with van der Waals surface area (Å²) in [6, 6.07) is 0. The second-order valence-corrected chi connectivity index (χ2v) is 9.18. The zero-order valence-corrected chi connectivity index (χ0v) is 19.0. The number of hydrogen-bond donors (Lipinski definition) is 3. The lowest BCUT2D eigenvalue weighted by Gasteiger charge is -2.33. The van der Waals surface area contributed by atoms with Gasteiger partial charge in [-0.05, 0) is 37.7 Å². The lowest BCUT2D eigenvalue weighted by Crippen LogP contribution is -2.51. The summed E-state index contributed by atoms with van der Waals surface area (Å²) in [6.07, 6.45) is 4.75. The van der Waals surface area contributed by atoms with Crippen molar-refractivity contribution in [1.82, 2.24) is 15.1 Å². The van der Waals surface area contributed by atoms with Crippen LogP contribution in [0.2, 0.25) is 0 Å². The molecule has 2 aliphatic rings. The van der Waals surface area contributed by atoms with Crippen LogP contribution in [0.4, 0.5) is 5.00 Å². The number of amides is 3. The Morgan fingerprint density at radius 2 is 1.68 bits per heavy atom. The van der Waals surface area contributed by atoms with E-state index in [0.29, 0.717) is 43.4 Å². The van der Waals surface area contributed by atoms with Crippen molar-refractivity contribution in [2.24, 2.45) is 5.73 Å². The van der Waals surface area contributed by atoms with Gasteiger partial charge in [-0.15, -0.1) is 11.3 Å². The van der Waals surface area contributed by atoms with E-state index in [-0.39, 0.29) is 18.4 Å². The zero-order chi connectivity index (χ0) is 22.2. The third-order valence-corrected chi connectivity index (χ3v) is 6.92. The Hall–Kier alpha value is -2.01. The molecular weight excluding hydrogens is 418 g/mol. The SMILES string of the molecule is COCCCNC(=O)CN1CCN(CC(=O)Nc2sc3c(c2C(N)=O)CCCC3)CC1. The van der Waals surface area contributed by atoms with Crippen molar-refractivity contribution >= 4 is 34.1 Å². The summed E-state index contributed by atoms with van der Waals surface area (Å²) in [6.45, 7) is 4.79. The first-order valence-corrected chi connectivity index (χ1v) is 11.7. The first-order valence-electron chi connectivity index (χ1n) is 10.9. The molecule has 1 aromatic rings. The number of carbonyl (C=O) groups excluding carboxylic acids is 3. The molecule has 3 amide bonds. The number of nitrogens with one attached hydrogen (secondary N) is 2. The maximum Gasteiger partial charge on any atom is 0.251 e. The van der Waals surface area contributed by atoms with Gasteiger partial charge in [0.05, 0.1) is 18.7 Å². The number of aryl methyl sites for hydroxylation is 1. The van der Waals surface area contributed by atoms with Crippen LogP contribution < -0.4 is 16.4 Å². The van der Waals surface area contributed by atoms with Gasteiger partial charge in [0.15, 0.2) is 0 Å². The maximum absolute atomic E-state index is 12.6. The molecule has 1 saturated heterocycles. The van der Waals surface area contributed by atoms with Gasteiger partial charge in [0.1, 0.15) is 5.00 Å². The van der Waals surface area contributed by atoms with E-state index < -0.39 is 5.91 Å². The molecule has 0 unspecified atom stereocenters. The molecule has 10 heteroatoms. The van der Waals surface area contributed by atoms with Gasteiger partial charge in [-0.2, -0.15) is 0 Å². The van der Waals surface area contributed by atoms with E-state index in [0.717, 1.165) is 50.8 Å². The third-order valence-electron chi connectivity index (χ3n) is 5.72. The third kappa shape index (κ3) is 6.73. The monoisotopic (exact) mass is 451 g/mol. The molecule has 2 heterocycles. The van der Waals surface area contributed by atoms with Gasteiger partial charge in [0, 0.05) is 51.3 Å². The number of primary amides is 1. The molecule has 0 radical (unpaired) electrons. The van der Waals surface area contributed by atoms with Crippen LogP contribution in [0.25, 0.3) is 0 Å². The number of piperazine rings is 1. The van der Waals surface area contributed by atoms with E-state index in [4.69, 9.17) is 10.5 Å². The van der Waals surface area contributed by atoms with Crippen molar-refractivity contribution in [3.63, 3.8) is 0 Å². The number of nitrogens with two attached hydrogens (primary N) is 1. The predicted octanol–water partition coefficient (Wildman–Crippen LogP) is 0.435. The van der Waals surface area contributed by atoms with Gasteiger partial charge in [-0.25, -0.2) is 0 Å². The lowest BCUT2D eigenvalue weighted by atomic mass is 9.95. The Balaban J connectivity index is 1.43. The molecule has 1 aliphatic heterocycles. The Morgan fingerprint density at radius 1 is 1.03 bits per heavy atom. The normalized spacial score (nSPS) is 17.2. The molecule has 1 aromatic heterocycles. The van der Waals surface area contributed by atoms with E-state index in [1.54, 1.807) is 7.11 Å². The zero-order valence-electron chi connectivity index (χ0n) is 18.2. The number of thiophene rings is 1. The quantitative estimate of drug-likeness (QED) is 0.444. The highest BCUT2D eigenvalue weighted by Crippen LogP contribution is 2.37. The first-order chi connectivity index (χ1) is 15.0. The van der Waals surface area contributed by atoms with Gasteiger partial charge < -0.3 is 21.1 Å². The van der Waals surface area contributed by atoms with Crippen molar-refractivity contribution in [1.29, 1.82) is 0 Å². The fourth-order valence-electron chi connectivity index (χ4n) is 4.09. The average molecular weight is 452 g/mol. The maximum atomic E-state index is 12.6. The fraction of sp³-hybridized carbons (Fsp3) is 0.667. The molecule has 9 nitrogen and oxygen atoms in total. The van der Waals surface area contributed by atoms with Gasteiger partial charge in [0.25, 0.3) is 5.91 Å². The molecule has 0 saturated carbocycles. The summed E-state index contributed by atoms with van der Waals surface area (Å²) in [5.41, 5.74) is 7.12. The van der Waals surface area contributed by atoms with Crippen LogP contribution in [0.1, 0.15) is 40.1 Å². The van der Waals surface area contributed by atoms with Gasteiger partial charge in [-0.3, -0.25) is 24.2 Å². The molecule has 31 heavy (non-hydrogen) atoms. The van der Waals surface area contributed by atoms with Crippen LogP contribution in [0, 0.1) is 0 Å². The predicted molar refractivity (Wildman–Crippen MR) is 120 cm³/mol. The van der Waals surface area contributed by atoms with E-state index >= 15 is 0 Å². The molecule has 1 fully saturated rings. The van der Waals surface area contributed by atoms with E-state index in [1.165, 1.54) is 16.2 Å². The van der Waals surface area contributed by atoms with Crippen molar-refractivity contribution < 1.29 is 19.1 Å². The van der Waals surface area contributed by atoms with E-state index in [1.807, 2.05) is 0 Å². The Labute approximate surface area is 187 Å². The minimum atomic E-state index is -0.469. The lowest BCUT2D eigenvalue weighted by molar-refractivity contribution is -0.123. The summed E-state index contributed by atoms with van der Waals surface area (Å²) in [4.78, 5) is 41.9. The Bertz CT molecular complexity index is 789. The Kier molecular flexibility index (Phi) is 8.82. The van der Waals surface area contributed by atoms with Gasteiger partial charge in [0.2, 0.25) is 11.8 Å². The molecule has 3 rings (SSSR count). The average Bonchev–Trinajstić information content (AvgIpc) is 3.10. The highest BCUT2D eigenvalue weighted by Gasteiger charge is 2.26. The molecule has 1 aliphatic carbocycles. The highest BCUT2D eigenvalue weighted by molar-refractivity contribution is 7.17. The number of ether oxygens (including phenoxy) is 1. The molecule has 0 aromatic carbocycles. The molecule has 172 valence electrons. The number of rotatable bonds is 10. The van der Waals surface area contributed by atoms with Crippen molar-refractivity contribution in [2.45, 2.75) is 32.1 Å². The molecular formula is C21H33N5O4S. The van der Waals surface area contributed by atoms with Gasteiger partial charge >= 0.3 is 0 Å². The number of nitrogens with zero attached hydrogens (tertiary/aromatic N) is 2. The largest absolute Gasteiger partial charge is 0.385 e. The van der Waals surface area contributed by atoms with Crippen LogP contribution in [0.5, 0.6) is 0 Å². The second-order valence-electron chi connectivity index (χ2n) is 8.08. The Morgan fingerprint density at radius 3 is 2.32 bits per heavy atom. The second kappa shape index (κ2) is 11.6. The summed E-state index contributed by atoms with van der Waals surface area (Å²) < 4.78 is 4.97. The van der Waals surface area contributed by atoms with Crippen LogP contribution in [0.3, 0.4) is 0 Å². The minimum Gasteiger partial charge on any atom is -0.385 e. The fourth-order valence-corrected chi connectivity index (χ4v) is 5.40. The molecule has 0 spiro atoms. The summed E-state index contributed by atoms with van der Waals surface area (Å²) >= 11 is 1.49. The van der Waals surface area contributed by atoms with Crippen LogP contribution in [-0.2, 0) is 27.2 Å². The number of anilines is 1. The van der Waals surface area contributed by atoms with Crippen LogP contribution in [-0.4, -0.2) is 87.1 Å². The van der Waals surface area contributed by atoms with E-state index in [2.05, 4.69) is 20.4 Å². The van der Waals surface area contributed by atoms with Crippen molar-refractivity contribution in [2.75, 3.05) is 64.8 Å². The van der Waals surface area contributed by atoms with Gasteiger partial charge in [-0.1, -0.05) is 0 Å². The first kappa shape index (κ1) is 23.6. The summed E-state index contributed by atoms with van der Waals surface area (Å²) in [5, 5.41) is 6.41. The minimum absolute atomic E-state index is 0.0166. The summed E-state index contributed by atoms with van der Waals surface area (Å²) in [7, 11) is 1.64. The van der Waals surface area contributed by atoms with Crippen molar-refractivity contribution in [3.8, 4) is 0 Å². The molecule has 4 N–H and O–H groups in total. The smallest absolute Gasteiger partial charge is 0.251 e.